The molecule has 412 valence electrons. The molecule has 0 aromatic heterocycles. The minimum Gasteiger partial charge on any atom is -0.456 e. The molecular formula is C54H64F3NO16SSi. The van der Waals surface area contributed by atoms with Crippen LogP contribution < -0.4 is 5.32 Å². The van der Waals surface area contributed by atoms with Crippen molar-refractivity contribution in [2.24, 2.45) is 16.7 Å². The highest BCUT2D eigenvalue weighted by atomic mass is 32.2. The van der Waals surface area contributed by atoms with E-state index in [4.69, 9.17) is 39.1 Å². The molecule has 1 aliphatic heterocycles. The number of ketones is 1. The molecule has 0 radical (unpaired) electrons. The molecule has 22 heteroatoms. The quantitative estimate of drug-likeness (QED) is 0.0394. The Balaban J connectivity index is 1.50. The van der Waals surface area contributed by atoms with Crippen LogP contribution in [0.4, 0.5) is 13.2 Å². The van der Waals surface area contributed by atoms with Crippen LogP contribution >= 0.6 is 0 Å². The summed E-state index contributed by atoms with van der Waals surface area (Å²) in [6.07, 6.45) is -14.2. The molecule has 0 unspecified atom stereocenters. The predicted octanol–water partition coefficient (Wildman–Crippen LogP) is 7.64. The second kappa shape index (κ2) is 20.5. The van der Waals surface area contributed by atoms with Crippen molar-refractivity contribution in [1.29, 1.82) is 0 Å². The van der Waals surface area contributed by atoms with Crippen LogP contribution in [0.3, 0.4) is 0 Å². The molecule has 2 N–H and O–H groups in total. The van der Waals surface area contributed by atoms with Crippen LogP contribution in [0.2, 0.25) is 18.1 Å². The van der Waals surface area contributed by atoms with E-state index in [9.17, 15) is 45.9 Å². The third-order valence-electron chi connectivity index (χ3n) is 15.9. The minimum absolute atomic E-state index is 0.117. The Morgan fingerprint density at radius 3 is 2.00 bits per heavy atom. The van der Waals surface area contributed by atoms with Crippen molar-refractivity contribution < 1.29 is 94.6 Å². The number of halogens is 3. The van der Waals surface area contributed by atoms with Gasteiger partial charge in [0.2, 0.25) is 0 Å². The van der Waals surface area contributed by atoms with Crippen LogP contribution in [0.5, 0.6) is 0 Å². The molecule has 3 fully saturated rings. The molecule has 2 bridgehead atoms. The number of ether oxygens (including phenoxy) is 5. The molecule has 1 heterocycles. The van der Waals surface area contributed by atoms with Gasteiger partial charge in [-0.2, -0.15) is 21.6 Å². The van der Waals surface area contributed by atoms with Crippen molar-refractivity contribution >= 4 is 54.0 Å². The van der Waals surface area contributed by atoms with Crippen LogP contribution in [0, 0.1) is 16.7 Å². The van der Waals surface area contributed by atoms with E-state index in [0.29, 0.717) is 0 Å². The van der Waals surface area contributed by atoms with Gasteiger partial charge < -0.3 is 38.5 Å². The maximum atomic E-state index is 16.1. The Bertz CT molecular complexity index is 3170. The van der Waals surface area contributed by atoms with Crippen molar-refractivity contribution in [2.45, 2.75) is 153 Å². The maximum absolute atomic E-state index is 16.1. The molecule has 3 aliphatic carbocycles. The van der Waals surface area contributed by atoms with Gasteiger partial charge >= 0.3 is 39.5 Å². The standard InChI is InChI=1S/C54H64F3NO16SSi/c1-30-36(70-48(64)42(74-76(10,11)49(4,5)6)40(33-21-15-12-16-22-33)58-46(62)34-23-17-13-18-24-34)28-53(65)45(71-47(63)35-25-19-14-20-26-35)43-51(9,44(61)41(69-31(2)59)39(30)50(53,7)8)37(73-75(66,67)54(55,56)57)27-38-52(43,29-68-38)72-32(3)60/h12-26,36-38,40-43,45,65H,27-29H2,1-11H3,(H,58,62)/t36-,37-,38+,40-,41+,42+,43-,45-,51+,52-,53+/m0/s1/i13D,17D,18D,23D,24D. The highest BCUT2D eigenvalue weighted by Gasteiger charge is 2.79. The fraction of sp³-hybridized carbons (Fsp3) is 0.519. The van der Waals surface area contributed by atoms with Crippen molar-refractivity contribution in [1.82, 2.24) is 5.32 Å². The molecule has 76 heavy (non-hydrogen) atoms. The van der Waals surface area contributed by atoms with Gasteiger partial charge in [0.1, 0.15) is 23.9 Å². The average Bonchev–Trinajstić information content (AvgIpc) is 3.48. The average molecular weight is 1110 g/mol. The zero-order valence-electron chi connectivity index (χ0n) is 48.6. The van der Waals surface area contributed by atoms with Gasteiger partial charge in [0.15, 0.2) is 31.9 Å². The Morgan fingerprint density at radius 1 is 0.882 bits per heavy atom. The van der Waals surface area contributed by atoms with E-state index in [-0.39, 0.29) is 22.3 Å². The topological polar surface area (TPSA) is 233 Å². The Labute approximate surface area is 447 Å². The van der Waals surface area contributed by atoms with E-state index < -0.39 is 190 Å². The molecular weight excluding hydrogens is 1040 g/mol. The van der Waals surface area contributed by atoms with Crippen molar-refractivity contribution in [2.75, 3.05) is 6.61 Å². The Kier molecular flexibility index (Phi) is 13.8. The number of carbonyl (C=O) groups excluding carboxylic acids is 6. The van der Waals surface area contributed by atoms with Crippen LogP contribution in [0.15, 0.2) is 102 Å². The Hall–Kier alpha value is -5.78. The lowest BCUT2D eigenvalue weighted by atomic mass is 9.44. The van der Waals surface area contributed by atoms with Gasteiger partial charge in [-0.15, -0.1) is 0 Å². The fourth-order valence-corrected chi connectivity index (χ4v) is 12.8. The molecule has 17 nitrogen and oxygen atoms in total. The van der Waals surface area contributed by atoms with Crippen molar-refractivity contribution in [3.05, 3.63) is 119 Å². The highest BCUT2D eigenvalue weighted by Crippen LogP contribution is 2.65. The number of rotatable bonds is 14. The van der Waals surface area contributed by atoms with Gasteiger partial charge in [0.25, 0.3) is 5.91 Å². The summed E-state index contributed by atoms with van der Waals surface area (Å²) < 4.78 is 154. The monoisotopic (exact) mass is 1100 g/mol. The summed E-state index contributed by atoms with van der Waals surface area (Å²) in [4.78, 5) is 87.7. The first-order valence-corrected chi connectivity index (χ1v) is 28.6. The van der Waals surface area contributed by atoms with Crippen molar-refractivity contribution in [3.8, 4) is 0 Å². The SMILES string of the molecule is [2H]c1c([2H])c([2H])c(C(=O)N[C@@H](c2ccccc2)[C@@H](O[Si](C)(C)C(C)(C)C)C(=O)O[C@H]2C[C@@]3(O)[C@@H](OC(=O)c4ccccc4)[C@@H]4[C@]5(OC(C)=O)CO[C@@H]5C[C@H](OS(=O)(=O)C(F)(F)F)[C@@]4(C)C(=O)[C@H](OC(C)=O)C(=C2C)C3(C)C)c([2H])c1[2H]. The second-order valence-electron chi connectivity index (χ2n) is 21.8. The van der Waals surface area contributed by atoms with E-state index in [0.717, 1.165) is 20.8 Å². The number of hydrogen-bond acceptors (Lipinski definition) is 16. The van der Waals surface area contributed by atoms with Gasteiger partial charge in [0.05, 0.1) is 42.5 Å². The summed E-state index contributed by atoms with van der Waals surface area (Å²) in [5.74, 6) is -9.51. The number of esters is 4. The zero-order chi connectivity index (χ0) is 60.7. The molecule has 3 aromatic rings. The van der Waals surface area contributed by atoms with Gasteiger partial charge in [-0.05, 0) is 72.9 Å². The largest absolute Gasteiger partial charge is 0.523 e. The molecule has 1 amide bonds. The summed E-state index contributed by atoms with van der Waals surface area (Å²) in [5, 5.41) is 16.1. The maximum Gasteiger partial charge on any atom is 0.523 e. The highest BCUT2D eigenvalue weighted by molar-refractivity contribution is 7.87. The van der Waals surface area contributed by atoms with Crippen LogP contribution in [0.1, 0.15) is 114 Å². The molecule has 7 rings (SSSR count). The number of fused-ring (bicyclic) bond motifs is 5. The minimum atomic E-state index is -6.64. The number of carbonyl (C=O) groups is 6. The van der Waals surface area contributed by atoms with E-state index in [1.807, 2.05) is 20.8 Å². The normalized spacial score (nSPS) is 30.0. The van der Waals surface area contributed by atoms with Gasteiger partial charge in [0, 0.05) is 37.7 Å². The lowest BCUT2D eigenvalue weighted by Gasteiger charge is -2.67. The lowest BCUT2D eigenvalue weighted by molar-refractivity contribution is -0.344. The third kappa shape index (κ3) is 10.3. The number of hydrogen-bond donors (Lipinski definition) is 2. The first-order valence-electron chi connectivity index (χ1n) is 26.7. The van der Waals surface area contributed by atoms with Crippen LogP contribution in [-0.2, 0) is 61.6 Å². The Morgan fingerprint density at radius 2 is 1.47 bits per heavy atom. The van der Waals surface area contributed by atoms with E-state index >= 15 is 9.59 Å². The van der Waals surface area contributed by atoms with Crippen LogP contribution in [-0.4, -0.2) is 117 Å². The summed E-state index contributed by atoms with van der Waals surface area (Å²) in [6, 6.07) is 9.05. The second-order valence-corrected chi connectivity index (χ2v) is 28.1. The first-order chi connectivity index (χ1) is 37.2. The predicted molar refractivity (Wildman–Crippen MR) is 268 cm³/mol. The first kappa shape index (κ1) is 51.0. The number of nitrogens with one attached hydrogen (secondary N) is 1. The van der Waals surface area contributed by atoms with Gasteiger partial charge in [-0.1, -0.05) is 101 Å². The molecule has 2 saturated carbocycles. The fourth-order valence-electron chi connectivity index (χ4n) is 10.9. The zero-order valence-corrected chi connectivity index (χ0v) is 45.4. The number of Topliss-reactive ketones (excluding diaryl/α,β-unsaturated/α-hetero) is 1. The number of amides is 1. The summed E-state index contributed by atoms with van der Waals surface area (Å²) >= 11 is 0. The van der Waals surface area contributed by atoms with E-state index in [1.165, 1.54) is 57.2 Å². The summed E-state index contributed by atoms with van der Waals surface area (Å²) in [7, 11) is -9.90. The summed E-state index contributed by atoms with van der Waals surface area (Å²) in [5.41, 5.74) is -17.3. The molecule has 11 atom stereocenters. The number of alkyl halides is 3. The smallest absolute Gasteiger partial charge is 0.456 e. The summed E-state index contributed by atoms with van der Waals surface area (Å²) in [6.45, 7) is 15.2. The van der Waals surface area contributed by atoms with Crippen LogP contribution in [0.25, 0.3) is 0 Å². The lowest BCUT2D eigenvalue weighted by Crippen LogP contribution is -2.82. The molecule has 0 spiro atoms. The number of aliphatic hydroxyl groups is 1. The van der Waals surface area contributed by atoms with E-state index in [1.54, 1.807) is 37.4 Å². The molecule has 4 aliphatic rings. The van der Waals surface area contributed by atoms with Gasteiger partial charge in [-0.25, -0.2) is 9.59 Å². The van der Waals surface area contributed by atoms with E-state index in [2.05, 4.69) is 5.32 Å². The van der Waals surface area contributed by atoms with Gasteiger partial charge in [-0.3, -0.25) is 23.4 Å². The third-order valence-corrected chi connectivity index (χ3v) is 21.4. The number of benzene rings is 3. The van der Waals surface area contributed by atoms with Crippen molar-refractivity contribution in [3.63, 3.8) is 0 Å². The molecule has 3 aromatic carbocycles. The molecule has 1 saturated heterocycles.